The number of benzene rings is 1. The van der Waals surface area contributed by atoms with E-state index >= 15 is 0 Å². The van der Waals surface area contributed by atoms with Crippen LogP contribution in [0.1, 0.15) is 16.8 Å². The summed E-state index contributed by atoms with van der Waals surface area (Å²) in [6, 6.07) is 8.12. The molecular formula is C12H14N4. The van der Waals surface area contributed by atoms with Crippen LogP contribution >= 0.6 is 0 Å². The number of nitrogens with zero attached hydrogens (tertiary/aromatic N) is 1. The number of H-pyrrole nitrogens is 1. The van der Waals surface area contributed by atoms with Crippen molar-refractivity contribution in [2.75, 3.05) is 0 Å². The van der Waals surface area contributed by atoms with E-state index in [0.717, 1.165) is 17.7 Å². The van der Waals surface area contributed by atoms with Gasteiger partial charge >= 0.3 is 0 Å². The van der Waals surface area contributed by atoms with Crippen LogP contribution in [-0.2, 0) is 12.8 Å². The molecule has 1 aromatic carbocycles. The predicted molar refractivity (Wildman–Crippen MR) is 63.5 cm³/mol. The summed E-state index contributed by atoms with van der Waals surface area (Å²) in [5.74, 6) is 0.196. The molecule has 4 N–H and O–H groups in total. The summed E-state index contributed by atoms with van der Waals surface area (Å²) in [6.45, 7) is 0. The minimum Gasteiger partial charge on any atom is -0.387 e. The number of rotatable bonds is 4. The molecule has 4 nitrogen and oxygen atoms in total. The molecule has 0 radical (unpaired) electrons. The number of nitrogens with one attached hydrogen (secondary N) is 2. The molecule has 16 heavy (non-hydrogen) atoms. The molecule has 1 aromatic heterocycles. The molecule has 0 aliphatic rings. The molecule has 0 saturated carbocycles. The van der Waals surface area contributed by atoms with Crippen molar-refractivity contribution in [2.45, 2.75) is 12.8 Å². The van der Waals surface area contributed by atoms with Gasteiger partial charge in [-0.15, -0.1) is 0 Å². The molecule has 0 amide bonds. The summed E-state index contributed by atoms with van der Waals surface area (Å²) in [5.41, 5.74) is 8.73. The van der Waals surface area contributed by atoms with Crippen LogP contribution in [0.2, 0.25) is 0 Å². The van der Waals surface area contributed by atoms with E-state index in [2.05, 4.69) is 22.1 Å². The molecule has 0 aliphatic carbocycles. The summed E-state index contributed by atoms with van der Waals surface area (Å²) in [6.07, 6.45) is 4.87. The van der Waals surface area contributed by atoms with E-state index in [-0.39, 0.29) is 5.84 Å². The number of amidine groups is 1. The van der Waals surface area contributed by atoms with Gasteiger partial charge in [-0.2, -0.15) is 0 Å². The summed E-state index contributed by atoms with van der Waals surface area (Å²) in [4.78, 5) is 7.04. The van der Waals surface area contributed by atoms with Crippen LogP contribution < -0.4 is 5.73 Å². The first kappa shape index (κ1) is 10.4. The van der Waals surface area contributed by atoms with E-state index in [1.807, 2.05) is 18.3 Å². The van der Waals surface area contributed by atoms with Gasteiger partial charge in [-0.1, -0.05) is 24.3 Å². The molecule has 0 spiro atoms. The predicted octanol–water partition coefficient (Wildman–Crippen LogP) is 1.48. The number of aromatic nitrogens is 2. The fourth-order valence-electron chi connectivity index (χ4n) is 1.60. The van der Waals surface area contributed by atoms with Crippen LogP contribution in [0, 0.1) is 5.41 Å². The van der Waals surface area contributed by atoms with Crippen molar-refractivity contribution < 1.29 is 0 Å². The van der Waals surface area contributed by atoms with Crippen molar-refractivity contribution >= 4 is 5.84 Å². The van der Waals surface area contributed by atoms with Gasteiger partial charge < -0.3 is 10.7 Å². The average molecular weight is 214 g/mol. The molecule has 0 fully saturated rings. The van der Waals surface area contributed by atoms with Crippen molar-refractivity contribution in [2.24, 2.45) is 5.73 Å². The zero-order chi connectivity index (χ0) is 11.4. The molecule has 0 unspecified atom stereocenters. The highest BCUT2D eigenvalue weighted by Gasteiger charge is 1.99. The van der Waals surface area contributed by atoms with E-state index < -0.39 is 0 Å². The molecule has 0 bridgehead atoms. The summed E-state index contributed by atoms with van der Waals surface area (Å²) in [5, 5.41) is 7.21. The second kappa shape index (κ2) is 4.61. The van der Waals surface area contributed by atoms with Gasteiger partial charge in [0.15, 0.2) is 0 Å². The average Bonchev–Trinajstić information content (AvgIpc) is 2.73. The highest BCUT2D eigenvalue weighted by Crippen LogP contribution is 2.09. The number of imidazole rings is 1. The van der Waals surface area contributed by atoms with Gasteiger partial charge in [0.05, 0.1) is 12.2 Å². The maximum Gasteiger partial charge on any atom is 0.0950 e. The zero-order valence-electron chi connectivity index (χ0n) is 8.90. The monoisotopic (exact) mass is 214 g/mol. The van der Waals surface area contributed by atoms with Crippen molar-refractivity contribution in [1.29, 1.82) is 5.41 Å². The van der Waals surface area contributed by atoms with Crippen molar-refractivity contribution in [3.63, 3.8) is 0 Å². The summed E-state index contributed by atoms with van der Waals surface area (Å²) < 4.78 is 0. The lowest BCUT2D eigenvalue weighted by Crippen LogP contribution is -2.12. The molecule has 0 atom stereocenters. The lowest BCUT2D eigenvalue weighted by Gasteiger charge is -2.02. The van der Waals surface area contributed by atoms with Gasteiger partial charge in [-0.05, 0) is 11.1 Å². The molecule has 1 heterocycles. The lowest BCUT2D eigenvalue weighted by molar-refractivity contribution is 1.10. The van der Waals surface area contributed by atoms with Gasteiger partial charge in [0.1, 0.15) is 0 Å². The number of hydrogen-bond donors (Lipinski definition) is 3. The fourth-order valence-corrected chi connectivity index (χ4v) is 1.60. The Bertz CT molecular complexity index is 456. The second-order valence-corrected chi connectivity index (χ2v) is 3.77. The quantitative estimate of drug-likeness (QED) is 0.532. The van der Waals surface area contributed by atoms with Gasteiger partial charge in [0, 0.05) is 24.7 Å². The van der Waals surface area contributed by atoms with E-state index in [9.17, 15) is 0 Å². The third kappa shape index (κ3) is 2.70. The third-order valence-electron chi connectivity index (χ3n) is 2.37. The lowest BCUT2D eigenvalue weighted by atomic mass is 10.1. The van der Waals surface area contributed by atoms with Gasteiger partial charge in [0.2, 0.25) is 0 Å². The van der Waals surface area contributed by atoms with E-state index in [1.165, 1.54) is 5.56 Å². The minimum absolute atomic E-state index is 0.196. The Balaban J connectivity index is 2.05. The van der Waals surface area contributed by atoms with Crippen LogP contribution in [0.25, 0.3) is 0 Å². The standard InChI is InChI=1S/C12H14N4/c13-12(14)6-10-3-1-9(2-4-10)5-11-7-15-8-16-11/h1-4,7-8H,5-6H2,(H3,13,14)(H,15,16). The molecule has 2 rings (SSSR count). The maximum absolute atomic E-state index is 7.21. The van der Waals surface area contributed by atoms with Crippen LogP contribution in [-0.4, -0.2) is 15.8 Å². The number of hydrogen-bond acceptors (Lipinski definition) is 2. The number of aromatic amines is 1. The topological polar surface area (TPSA) is 78.6 Å². The SMILES string of the molecule is N=C(N)Cc1ccc(Cc2cnc[nH]2)cc1. The Morgan fingerprint density at radius 3 is 2.50 bits per heavy atom. The van der Waals surface area contributed by atoms with E-state index in [4.69, 9.17) is 11.1 Å². The van der Waals surface area contributed by atoms with E-state index in [1.54, 1.807) is 6.33 Å². The Kier molecular flexibility index (Phi) is 3.00. The normalized spacial score (nSPS) is 10.2. The zero-order valence-corrected chi connectivity index (χ0v) is 8.90. The molecule has 0 aliphatic heterocycles. The van der Waals surface area contributed by atoms with Crippen LogP contribution in [0.5, 0.6) is 0 Å². The van der Waals surface area contributed by atoms with E-state index in [0.29, 0.717) is 6.42 Å². The Morgan fingerprint density at radius 2 is 1.94 bits per heavy atom. The van der Waals surface area contributed by atoms with Gasteiger partial charge in [0.25, 0.3) is 0 Å². The fraction of sp³-hybridized carbons (Fsp3) is 0.167. The van der Waals surface area contributed by atoms with Gasteiger partial charge in [-0.25, -0.2) is 4.98 Å². The smallest absolute Gasteiger partial charge is 0.0950 e. The molecule has 2 aromatic rings. The van der Waals surface area contributed by atoms with Gasteiger partial charge in [-0.3, -0.25) is 5.41 Å². The van der Waals surface area contributed by atoms with Crippen LogP contribution in [0.4, 0.5) is 0 Å². The van der Waals surface area contributed by atoms with Crippen molar-refractivity contribution in [3.05, 3.63) is 53.6 Å². The Morgan fingerprint density at radius 1 is 1.25 bits per heavy atom. The first-order chi connectivity index (χ1) is 7.74. The molecule has 0 saturated heterocycles. The molecule has 4 heteroatoms. The number of nitrogens with two attached hydrogens (primary N) is 1. The van der Waals surface area contributed by atoms with Crippen LogP contribution in [0.3, 0.4) is 0 Å². The summed E-state index contributed by atoms with van der Waals surface area (Å²) >= 11 is 0. The van der Waals surface area contributed by atoms with Crippen molar-refractivity contribution in [1.82, 2.24) is 9.97 Å². The third-order valence-corrected chi connectivity index (χ3v) is 2.37. The first-order valence-electron chi connectivity index (χ1n) is 5.12. The Labute approximate surface area is 94.0 Å². The first-order valence-corrected chi connectivity index (χ1v) is 5.12. The molecular weight excluding hydrogens is 200 g/mol. The Hall–Kier alpha value is -2.10. The second-order valence-electron chi connectivity index (χ2n) is 3.77. The highest BCUT2D eigenvalue weighted by atomic mass is 14.9. The maximum atomic E-state index is 7.21. The van der Waals surface area contributed by atoms with Crippen LogP contribution in [0.15, 0.2) is 36.8 Å². The summed E-state index contributed by atoms with van der Waals surface area (Å²) in [7, 11) is 0. The highest BCUT2D eigenvalue weighted by molar-refractivity contribution is 5.79. The van der Waals surface area contributed by atoms with Crippen molar-refractivity contribution in [3.8, 4) is 0 Å². The largest absolute Gasteiger partial charge is 0.387 e. The minimum atomic E-state index is 0.196. The molecule has 82 valence electrons.